The van der Waals surface area contributed by atoms with Crippen molar-refractivity contribution in [3.63, 3.8) is 0 Å². The molecule has 0 unspecified atom stereocenters. The number of hydrogen-bond donors (Lipinski definition) is 2. The topological polar surface area (TPSA) is 91.7 Å². The number of nitrogens with zero attached hydrogens (tertiary/aromatic N) is 1. The molecule has 2 amide bonds. The van der Waals surface area contributed by atoms with Crippen molar-refractivity contribution < 1.29 is 17.6 Å². The Morgan fingerprint density at radius 3 is 2.71 bits per heavy atom. The number of rotatable bonds is 6. The van der Waals surface area contributed by atoms with Gasteiger partial charge in [-0.05, 0) is 62.1 Å². The van der Waals surface area contributed by atoms with Crippen LogP contribution < -0.4 is 10.0 Å². The molecule has 0 aliphatic carbocycles. The molecule has 152 valence electrons. The predicted molar refractivity (Wildman–Crippen MR) is 106 cm³/mol. The summed E-state index contributed by atoms with van der Waals surface area (Å²) in [6, 6.07) is 8.65. The van der Waals surface area contributed by atoms with Crippen molar-refractivity contribution in [1.82, 2.24) is 14.9 Å². The van der Waals surface area contributed by atoms with Gasteiger partial charge >= 0.3 is 6.03 Å². The molecule has 1 atom stereocenters. The molecule has 2 N–H and O–H groups in total. The molecule has 28 heavy (non-hydrogen) atoms. The molecular weight excluding hydrogens is 378 g/mol. The molecule has 0 radical (unpaired) electrons. The van der Waals surface area contributed by atoms with Crippen LogP contribution in [0.2, 0.25) is 0 Å². The second-order valence-electron chi connectivity index (χ2n) is 7.20. The predicted octanol–water partition coefficient (Wildman–Crippen LogP) is 2.93. The largest absolute Gasteiger partial charge is 0.465 e. The van der Waals surface area contributed by atoms with Crippen LogP contribution in [0.15, 0.2) is 39.6 Å². The molecule has 1 aliphatic heterocycles. The second kappa shape index (κ2) is 8.36. The van der Waals surface area contributed by atoms with Gasteiger partial charge in [0, 0.05) is 19.1 Å². The number of sulfonamides is 1. The molecule has 1 aromatic carbocycles. The van der Waals surface area contributed by atoms with Crippen LogP contribution in [-0.2, 0) is 29.5 Å². The normalized spacial score (nSPS) is 15.2. The Kier molecular flexibility index (Phi) is 6.10. The molecule has 3 rings (SSSR count). The Hall–Kier alpha value is -2.32. The highest BCUT2D eigenvalue weighted by Crippen LogP contribution is 2.23. The van der Waals surface area contributed by atoms with Gasteiger partial charge in [-0.2, -0.15) is 0 Å². The summed E-state index contributed by atoms with van der Waals surface area (Å²) in [7, 11) is -3.67. The second-order valence-corrected chi connectivity index (χ2v) is 8.96. The van der Waals surface area contributed by atoms with Crippen LogP contribution in [0.25, 0.3) is 0 Å². The molecule has 0 saturated carbocycles. The maximum Gasteiger partial charge on any atom is 0.317 e. The molecule has 2 heterocycles. The lowest BCUT2D eigenvalue weighted by Gasteiger charge is -2.30. The van der Waals surface area contributed by atoms with E-state index in [2.05, 4.69) is 10.0 Å². The summed E-state index contributed by atoms with van der Waals surface area (Å²) in [5.74, 6) is 1.30. The molecule has 0 fully saturated rings. The fourth-order valence-electron chi connectivity index (χ4n) is 3.11. The van der Waals surface area contributed by atoms with Gasteiger partial charge in [-0.25, -0.2) is 17.9 Å². The Morgan fingerprint density at radius 2 is 2.04 bits per heavy atom. The fourth-order valence-corrected chi connectivity index (χ4v) is 4.15. The summed E-state index contributed by atoms with van der Waals surface area (Å²) in [4.78, 5) is 14.3. The van der Waals surface area contributed by atoms with E-state index in [1.54, 1.807) is 29.2 Å². The van der Waals surface area contributed by atoms with Crippen molar-refractivity contribution in [2.24, 2.45) is 0 Å². The van der Waals surface area contributed by atoms with Gasteiger partial charge in [0.15, 0.2) is 0 Å². The molecule has 8 heteroatoms. The third-order valence-corrected chi connectivity index (χ3v) is 6.40. The third-order valence-electron chi connectivity index (χ3n) is 5.00. The average molecular weight is 406 g/mol. The molecular formula is C20H27N3O4S. The molecule has 0 bridgehead atoms. The number of amides is 2. The number of fused-ring (bicyclic) bond motifs is 1. The van der Waals surface area contributed by atoms with E-state index in [0.717, 1.165) is 23.3 Å². The lowest BCUT2D eigenvalue weighted by molar-refractivity contribution is 0.188. The van der Waals surface area contributed by atoms with E-state index < -0.39 is 10.0 Å². The summed E-state index contributed by atoms with van der Waals surface area (Å²) in [5, 5.41) is 2.96. The summed E-state index contributed by atoms with van der Waals surface area (Å²) in [6.07, 6.45) is 1.57. The lowest BCUT2D eigenvalue weighted by atomic mass is 10.0. The van der Waals surface area contributed by atoms with Crippen molar-refractivity contribution in [3.8, 4) is 0 Å². The first kappa shape index (κ1) is 20.4. The molecule has 1 aliphatic rings. The first-order valence-electron chi connectivity index (χ1n) is 9.50. The quantitative estimate of drug-likeness (QED) is 0.773. The molecule has 7 nitrogen and oxygen atoms in total. The van der Waals surface area contributed by atoms with Crippen molar-refractivity contribution in [3.05, 3.63) is 53.0 Å². The zero-order valence-corrected chi connectivity index (χ0v) is 17.3. The highest BCUT2D eigenvalue weighted by atomic mass is 32.2. The molecule has 2 aromatic rings. The van der Waals surface area contributed by atoms with Crippen LogP contribution in [0.4, 0.5) is 4.79 Å². The smallest absolute Gasteiger partial charge is 0.317 e. The lowest BCUT2D eigenvalue weighted by Crippen LogP contribution is -2.45. The van der Waals surface area contributed by atoms with Crippen LogP contribution >= 0.6 is 0 Å². The number of furan rings is 1. The first-order valence-corrected chi connectivity index (χ1v) is 11.0. The van der Waals surface area contributed by atoms with E-state index in [1.165, 1.54) is 0 Å². The Labute approximate surface area is 166 Å². The number of nitrogens with one attached hydrogen (secondary N) is 2. The maximum atomic E-state index is 12.7. The summed E-state index contributed by atoms with van der Waals surface area (Å²) in [6.45, 7) is 6.91. The van der Waals surface area contributed by atoms with Gasteiger partial charge in [0.25, 0.3) is 0 Å². The van der Waals surface area contributed by atoms with E-state index in [0.29, 0.717) is 25.3 Å². The highest BCUT2D eigenvalue weighted by molar-refractivity contribution is 7.89. The SMILES string of the molecule is CC[C@H](C)NC(=O)N1CCc2ccc(S(=O)(=O)NCc3ccc(C)o3)cc2C1. The van der Waals surface area contributed by atoms with Crippen LogP contribution in [0.1, 0.15) is 42.9 Å². The van der Waals surface area contributed by atoms with Crippen molar-refractivity contribution >= 4 is 16.1 Å². The Bertz CT molecular complexity index is 952. The number of carbonyl (C=O) groups excluding carboxylic acids is 1. The van der Waals surface area contributed by atoms with Gasteiger partial charge in [-0.3, -0.25) is 0 Å². The Balaban J connectivity index is 1.71. The van der Waals surface area contributed by atoms with E-state index >= 15 is 0 Å². The minimum absolute atomic E-state index is 0.0939. The minimum atomic E-state index is -3.67. The standard InChI is InChI=1S/C20H27N3O4S/c1-4-14(2)22-20(24)23-10-9-16-6-8-19(11-17(16)13-23)28(25,26)21-12-18-7-5-15(3)27-18/h5-8,11,14,21H,4,9-10,12-13H2,1-3H3,(H,22,24)/t14-/m0/s1. The molecule has 0 saturated heterocycles. The number of carbonyl (C=O) groups is 1. The van der Waals surface area contributed by atoms with Crippen molar-refractivity contribution in [2.45, 2.75) is 57.6 Å². The first-order chi connectivity index (χ1) is 13.3. The van der Waals surface area contributed by atoms with Crippen LogP contribution in [0, 0.1) is 6.92 Å². The van der Waals surface area contributed by atoms with Crippen molar-refractivity contribution in [1.29, 1.82) is 0 Å². The van der Waals surface area contributed by atoms with Crippen molar-refractivity contribution in [2.75, 3.05) is 6.54 Å². The number of urea groups is 1. The van der Waals surface area contributed by atoms with Gasteiger partial charge in [-0.1, -0.05) is 13.0 Å². The van der Waals surface area contributed by atoms with E-state index in [9.17, 15) is 13.2 Å². The monoisotopic (exact) mass is 405 g/mol. The fraction of sp³-hybridized carbons (Fsp3) is 0.450. The molecule has 0 spiro atoms. The Morgan fingerprint density at radius 1 is 1.25 bits per heavy atom. The number of benzene rings is 1. The van der Waals surface area contributed by atoms with Gasteiger partial charge in [-0.15, -0.1) is 0 Å². The summed E-state index contributed by atoms with van der Waals surface area (Å²) in [5.41, 5.74) is 1.94. The van der Waals surface area contributed by atoms with E-state index in [4.69, 9.17) is 4.42 Å². The van der Waals surface area contributed by atoms with Gasteiger partial charge in [0.2, 0.25) is 10.0 Å². The highest BCUT2D eigenvalue weighted by Gasteiger charge is 2.24. The maximum absolute atomic E-state index is 12.7. The van der Waals surface area contributed by atoms with Crippen LogP contribution in [0.3, 0.4) is 0 Å². The van der Waals surface area contributed by atoms with E-state index in [-0.39, 0.29) is 23.5 Å². The van der Waals surface area contributed by atoms with Crippen LogP contribution in [-0.4, -0.2) is 31.9 Å². The molecule has 1 aromatic heterocycles. The summed E-state index contributed by atoms with van der Waals surface area (Å²) >= 11 is 0. The average Bonchev–Trinajstić information content (AvgIpc) is 3.10. The van der Waals surface area contributed by atoms with Gasteiger partial charge in [0.05, 0.1) is 11.4 Å². The van der Waals surface area contributed by atoms with Gasteiger partial charge < -0.3 is 14.6 Å². The van der Waals surface area contributed by atoms with E-state index in [1.807, 2.05) is 26.8 Å². The zero-order chi connectivity index (χ0) is 20.3. The number of aryl methyl sites for hydroxylation is 1. The number of hydrogen-bond acceptors (Lipinski definition) is 4. The third kappa shape index (κ3) is 4.74. The summed E-state index contributed by atoms with van der Waals surface area (Å²) < 4.78 is 33.3. The minimum Gasteiger partial charge on any atom is -0.465 e. The van der Waals surface area contributed by atoms with Crippen LogP contribution in [0.5, 0.6) is 0 Å². The van der Waals surface area contributed by atoms with Gasteiger partial charge in [0.1, 0.15) is 11.5 Å². The zero-order valence-electron chi connectivity index (χ0n) is 16.5.